The summed E-state index contributed by atoms with van der Waals surface area (Å²) in [7, 11) is -3.66. The first-order valence-electron chi connectivity index (χ1n) is 9.09. The van der Waals surface area contributed by atoms with Crippen molar-refractivity contribution in [3.63, 3.8) is 0 Å². The van der Waals surface area contributed by atoms with Gasteiger partial charge in [0.05, 0.1) is 5.02 Å². The Bertz CT molecular complexity index is 814. The molecule has 7 nitrogen and oxygen atoms in total. The standard InChI is InChI=1S/C18H24ClN3O4S/c1-14(23)20-8-6-15(7-9-20)18(24)21-10-12-22(13-11-21)27(25,26)17-5-3-2-4-16(17)19/h2-5,15H,6-13H2,1H3. The Morgan fingerprint density at radius 2 is 1.56 bits per heavy atom. The number of likely N-dealkylation sites (tertiary alicyclic amines) is 1. The molecule has 1 aromatic rings. The van der Waals surface area contributed by atoms with Gasteiger partial charge in [0.15, 0.2) is 0 Å². The summed E-state index contributed by atoms with van der Waals surface area (Å²) < 4.78 is 27.0. The predicted octanol–water partition coefficient (Wildman–Crippen LogP) is 1.43. The lowest BCUT2D eigenvalue weighted by atomic mass is 9.95. The number of amides is 2. The highest BCUT2D eigenvalue weighted by molar-refractivity contribution is 7.89. The lowest BCUT2D eigenvalue weighted by Gasteiger charge is -2.38. The van der Waals surface area contributed by atoms with Crippen molar-refractivity contribution in [2.24, 2.45) is 5.92 Å². The molecule has 0 unspecified atom stereocenters. The monoisotopic (exact) mass is 413 g/mol. The summed E-state index contributed by atoms with van der Waals surface area (Å²) in [5.41, 5.74) is 0. The quantitative estimate of drug-likeness (QED) is 0.751. The second kappa shape index (κ2) is 8.16. The number of carbonyl (C=O) groups excluding carboxylic acids is 2. The molecule has 0 N–H and O–H groups in total. The van der Waals surface area contributed by atoms with E-state index in [0.717, 1.165) is 0 Å². The van der Waals surface area contributed by atoms with Gasteiger partial charge >= 0.3 is 0 Å². The van der Waals surface area contributed by atoms with Gasteiger partial charge in [-0.25, -0.2) is 8.42 Å². The topological polar surface area (TPSA) is 78.0 Å². The van der Waals surface area contributed by atoms with E-state index in [-0.39, 0.29) is 40.7 Å². The Hall–Kier alpha value is -1.64. The van der Waals surface area contributed by atoms with Crippen LogP contribution >= 0.6 is 11.6 Å². The first kappa shape index (κ1) is 20.1. The van der Waals surface area contributed by atoms with Crippen molar-refractivity contribution in [1.82, 2.24) is 14.1 Å². The zero-order valence-corrected chi connectivity index (χ0v) is 16.9. The van der Waals surface area contributed by atoms with Gasteiger partial charge in [0.1, 0.15) is 4.90 Å². The molecular formula is C18H24ClN3O4S. The smallest absolute Gasteiger partial charge is 0.244 e. The highest BCUT2D eigenvalue weighted by Gasteiger charge is 2.34. The third-order valence-corrected chi connectivity index (χ3v) is 7.69. The van der Waals surface area contributed by atoms with Crippen LogP contribution < -0.4 is 0 Å². The number of piperidine rings is 1. The third-order valence-electron chi connectivity index (χ3n) is 5.29. The van der Waals surface area contributed by atoms with Crippen LogP contribution in [0.15, 0.2) is 29.2 Å². The van der Waals surface area contributed by atoms with E-state index in [9.17, 15) is 18.0 Å². The largest absolute Gasteiger partial charge is 0.343 e. The van der Waals surface area contributed by atoms with Gasteiger partial charge in [0.25, 0.3) is 0 Å². The molecule has 2 saturated heterocycles. The first-order chi connectivity index (χ1) is 12.8. The first-order valence-corrected chi connectivity index (χ1v) is 10.9. The Balaban J connectivity index is 1.58. The number of sulfonamides is 1. The molecule has 1 aromatic carbocycles. The van der Waals surface area contributed by atoms with Crippen LogP contribution in [0.1, 0.15) is 19.8 Å². The minimum atomic E-state index is -3.66. The number of piperazine rings is 1. The molecule has 3 rings (SSSR count). The minimum absolute atomic E-state index is 0.0410. The van der Waals surface area contributed by atoms with Gasteiger partial charge in [0, 0.05) is 52.1 Å². The number of halogens is 1. The van der Waals surface area contributed by atoms with E-state index in [4.69, 9.17) is 11.6 Å². The Morgan fingerprint density at radius 1 is 0.963 bits per heavy atom. The summed E-state index contributed by atoms with van der Waals surface area (Å²) >= 11 is 6.04. The van der Waals surface area contributed by atoms with Crippen LogP contribution in [0.4, 0.5) is 0 Å². The maximum atomic E-state index is 12.8. The summed E-state index contributed by atoms with van der Waals surface area (Å²) in [5.74, 6) is 0.0135. The van der Waals surface area contributed by atoms with Crippen LogP contribution in [0.5, 0.6) is 0 Å². The van der Waals surface area contributed by atoms with Crippen LogP contribution in [0.2, 0.25) is 5.02 Å². The molecule has 0 saturated carbocycles. The molecule has 0 spiro atoms. The Morgan fingerprint density at radius 3 is 2.11 bits per heavy atom. The zero-order valence-electron chi connectivity index (χ0n) is 15.3. The average Bonchev–Trinajstić information content (AvgIpc) is 2.68. The summed E-state index contributed by atoms with van der Waals surface area (Å²) in [6.07, 6.45) is 1.33. The predicted molar refractivity (Wildman–Crippen MR) is 102 cm³/mol. The third kappa shape index (κ3) is 4.28. The van der Waals surface area contributed by atoms with E-state index in [1.807, 2.05) is 0 Å². The second-order valence-electron chi connectivity index (χ2n) is 6.94. The molecular weight excluding hydrogens is 390 g/mol. The van der Waals surface area contributed by atoms with Gasteiger partial charge in [-0.3, -0.25) is 9.59 Å². The molecule has 0 aliphatic carbocycles. The van der Waals surface area contributed by atoms with Crippen molar-refractivity contribution in [3.8, 4) is 0 Å². The van der Waals surface area contributed by atoms with E-state index in [2.05, 4.69) is 0 Å². The maximum Gasteiger partial charge on any atom is 0.244 e. The molecule has 27 heavy (non-hydrogen) atoms. The van der Waals surface area contributed by atoms with Gasteiger partial charge in [-0.2, -0.15) is 4.31 Å². The lowest BCUT2D eigenvalue weighted by molar-refractivity contribution is -0.141. The Kier molecular flexibility index (Phi) is 6.08. The highest BCUT2D eigenvalue weighted by atomic mass is 35.5. The van der Waals surface area contributed by atoms with Crippen molar-refractivity contribution in [2.45, 2.75) is 24.7 Å². The normalized spacial score (nSPS) is 19.9. The van der Waals surface area contributed by atoms with Gasteiger partial charge < -0.3 is 9.80 Å². The number of nitrogens with zero attached hydrogens (tertiary/aromatic N) is 3. The van der Waals surface area contributed by atoms with Crippen molar-refractivity contribution in [2.75, 3.05) is 39.3 Å². The zero-order chi connectivity index (χ0) is 19.6. The van der Waals surface area contributed by atoms with Gasteiger partial charge in [0.2, 0.25) is 21.8 Å². The van der Waals surface area contributed by atoms with Crippen molar-refractivity contribution in [1.29, 1.82) is 0 Å². The molecule has 2 fully saturated rings. The highest BCUT2D eigenvalue weighted by Crippen LogP contribution is 2.26. The van der Waals surface area contributed by atoms with Gasteiger partial charge in [-0.1, -0.05) is 23.7 Å². The summed E-state index contributed by atoms with van der Waals surface area (Å²) in [6, 6.07) is 6.39. The molecule has 0 aromatic heterocycles. The van der Waals surface area contributed by atoms with Gasteiger partial charge in [-0.15, -0.1) is 0 Å². The fourth-order valence-corrected chi connectivity index (χ4v) is 5.56. The van der Waals surface area contributed by atoms with Crippen molar-refractivity contribution >= 4 is 33.4 Å². The van der Waals surface area contributed by atoms with E-state index in [1.165, 1.54) is 10.4 Å². The van der Waals surface area contributed by atoms with Crippen molar-refractivity contribution < 1.29 is 18.0 Å². The minimum Gasteiger partial charge on any atom is -0.343 e. The molecule has 2 aliphatic rings. The van der Waals surface area contributed by atoms with Crippen LogP contribution in [0.3, 0.4) is 0 Å². The van der Waals surface area contributed by atoms with Crippen LogP contribution in [0.25, 0.3) is 0 Å². The van der Waals surface area contributed by atoms with Crippen LogP contribution in [-0.2, 0) is 19.6 Å². The fraction of sp³-hybridized carbons (Fsp3) is 0.556. The second-order valence-corrected chi connectivity index (χ2v) is 9.25. The molecule has 2 amide bonds. The summed E-state index contributed by atoms with van der Waals surface area (Å²) in [4.78, 5) is 27.8. The van der Waals surface area contributed by atoms with Crippen molar-refractivity contribution in [3.05, 3.63) is 29.3 Å². The summed E-state index contributed by atoms with van der Waals surface area (Å²) in [6.45, 7) is 4.00. The van der Waals surface area contributed by atoms with Crippen LogP contribution in [-0.4, -0.2) is 73.6 Å². The van der Waals surface area contributed by atoms with Crippen LogP contribution in [0, 0.1) is 5.92 Å². The molecule has 0 bridgehead atoms. The molecule has 0 atom stereocenters. The number of hydrogen-bond acceptors (Lipinski definition) is 4. The van der Waals surface area contributed by atoms with E-state index < -0.39 is 10.0 Å². The average molecular weight is 414 g/mol. The molecule has 2 heterocycles. The lowest BCUT2D eigenvalue weighted by Crippen LogP contribution is -2.53. The molecule has 0 radical (unpaired) electrons. The summed E-state index contributed by atoms with van der Waals surface area (Å²) in [5, 5.41) is 0.202. The number of rotatable bonds is 3. The molecule has 9 heteroatoms. The van der Waals surface area contributed by atoms with E-state index >= 15 is 0 Å². The van der Waals surface area contributed by atoms with Gasteiger partial charge in [-0.05, 0) is 25.0 Å². The van der Waals surface area contributed by atoms with E-state index in [1.54, 1.807) is 34.9 Å². The molecule has 148 valence electrons. The number of hydrogen-bond donors (Lipinski definition) is 0. The Labute approximate surface area is 164 Å². The fourth-order valence-electron chi connectivity index (χ4n) is 3.64. The number of carbonyl (C=O) groups is 2. The molecule has 2 aliphatic heterocycles. The maximum absolute atomic E-state index is 12.8. The number of benzene rings is 1. The van der Waals surface area contributed by atoms with E-state index in [0.29, 0.717) is 39.0 Å². The SMILES string of the molecule is CC(=O)N1CCC(C(=O)N2CCN(S(=O)(=O)c3ccccc3Cl)CC2)CC1.